The van der Waals surface area contributed by atoms with Gasteiger partial charge in [-0.3, -0.25) is 4.79 Å². The number of aromatic hydroxyl groups is 1. The first kappa shape index (κ1) is 15.1. The summed E-state index contributed by atoms with van der Waals surface area (Å²) in [6, 6.07) is 14.4. The Morgan fingerprint density at radius 2 is 1.83 bits per heavy atom. The molecule has 1 aliphatic rings. The van der Waals surface area contributed by atoms with Gasteiger partial charge in [0.05, 0.1) is 18.9 Å². The summed E-state index contributed by atoms with van der Waals surface area (Å²) in [5.41, 5.74) is 2.75. The number of ether oxygens (including phenoxy) is 1. The number of benzene rings is 2. The number of carbonyl (C=O) groups is 1. The number of phenolic OH excluding ortho intramolecular Hbond substituents is 1. The summed E-state index contributed by atoms with van der Waals surface area (Å²) in [5.74, 6) is 0.892. The lowest BCUT2D eigenvalue weighted by Gasteiger charge is -2.20. The molecule has 118 valence electrons. The first-order valence-electron chi connectivity index (χ1n) is 7.39. The SMILES string of the molecule is COc1ccc([C@@H]2CC(c3ccc(O)cc3)=NN2C(C)=O)cc1. The monoisotopic (exact) mass is 310 g/mol. The van der Waals surface area contributed by atoms with E-state index >= 15 is 0 Å². The molecule has 23 heavy (non-hydrogen) atoms. The predicted octanol–water partition coefficient (Wildman–Crippen LogP) is 3.10. The molecule has 1 heterocycles. The van der Waals surface area contributed by atoms with Gasteiger partial charge in [0.25, 0.3) is 0 Å². The Balaban J connectivity index is 1.90. The molecule has 1 amide bonds. The third-order valence-electron chi connectivity index (χ3n) is 3.93. The number of amides is 1. The smallest absolute Gasteiger partial charge is 0.240 e. The fourth-order valence-electron chi connectivity index (χ4n) is 2.71. The van der Waals surface area contributed by atoms with Gasteiger partial charge in [-0.15, -0.1) is 0 Å². The van der Waals surface area contributed by atoms with Crippen molar-refractivity contribution in [1.29, 1.82) is 0 Å². The number of hydrogen-bond donors (Lipinski definition) is 1. The summed E-state index contributed by atoms with van der Waals surface area (Å²) < 4.78 is 5.17. The lowest BCUT2D eigenvalue weighted by atomic mass is 9.98. The molecule has 0 aliphatic carbocycles. The molecule has 0 spiro atoms. The zero-order chi connectivity index (χ0) is 16.4. The van der Waals surface area contributed by atoms with Crippen LogP contribution in [-0.2, 0) is 4.79 Å². The molecule has 0 saturated heterocycles. The summed E-state index contributed by atoms with van der Waals surface area (Å²) in [7, 11) is 1.62. The fraction of sp³-hybridized carbons (Fsp3) is 0.222. The minimum atomic E-state index is -0.123. The highest BCUT2D eigenvalue weighted by atomic mass is 16.5. The van der Waals surface area contributed by atoms with Crippen LogP contribution in [0.2, 0.25) is 0 Å². The van der Waals surface area contributed by atoms with Gasteiger partial charge in [-0.25, -0.2) is 5.01 Å². The van der Waals surface area contributed by atoms with Crippen LogP contribution in [0.3, 0.4) is 0 Å². The van der Waals surface area contributed by atoms with E-state index < -0.39 is 0 Å². The highest BCUT2D eigenvalue weighted by molar-refractivity contribution is 6.03. The predicted molar refractivity (Wildman–Crippen MR) is 87.5 cm³/mol. The van der Waals surface area contributed by atoms with Crippen LogP contribution in [0.4, 0.5) is 0 Å². The molecule has 5 nitrogen and oxygen atoms in total. The van der Waals surface area contributed by atoms with Crippen LogP contribution in [0.5, 0.6) is 11.5 Å². The van der Waals surface area contributed by atoms with Crippen LogP contribution < -0.4 is 4.74 Å². The van der Waals surface area contributed by atoms with Gasteiger partial charge in [-0.2, -0.15) is 5.10 Å². The van der Waals surface area contributed by atoms with Crippen molar-refractivity contribution in [1.82, 2.24) is 5.01 Å². The minimum Gasteiger partial charge on any atom is -0.508 e. The molecule has 2 aromatic carbocycles. The van der Waals surface area contributed by atoms with Crippen molar-refractivity contribution in [2.45, 2.75) is 19.4 Å². The van der Waals surface area contributed by atoms with E-state index in [9.17, 15) is 9.90 Å². The maximum atomic E-state index is 11.9. The van der Waals surface area contributed by atoms with Crippen molar-refractivity contribution in [3.05, 3.63) is 59.7 Å². The van der Waals surface area contributed by atoms with Crippen molar-refractivity contribution >= 4 is 11.6 Å². The number of methoxy groups -OCH3 is 1. The molecule has 0 bridgehead atoms. The number of carbonyl (C=O) groups excluding carboxylic acids is 1. The van der Waals surface area contributed by atoms with Gasteiger partial charge >= 0.3 is 0 Å². The molecule has 0 aromatic heterocycles. The lowest BCUT2D eigenvalue weighted by Crippen LogP contribution is -2.24. The second-order valence-electron chi connectivity index (χ2n) is 5.45. The zero-order valence-electron chi connectivity index (χ0n) is 13.1. The number of rotatable bonds is 3. The highest BCUT2D eigenvalue weighted by Crippen LogP contribution is 2.33. The molecule has 5 heteroatoms. The number of phenols is 1. The third kappa shape index (κ3) is 3.04. The quantitative estimate of drug-likeness (QED) is 0.947. The molecule has 1 aliphatic heterocycles. The number of nitrogens with zero attached hydrogens (tertiary/aromatic N) is 2. The van der Waals surface area contributed by atoms with Crippen LogP contribution in [0.15, 0.2) is 53.6 Å². The van der Waals surface area contributed by atoms with Gasteiger partial charge in [-0.1, -0.05) is 12.1 Å². The van der Waals surface area contributed by atoms with Gasteiger partial charge in [0, 0.05) is 13.3 Å². The average Bonchev–Trinajstić information content (AvgIpc) is 3.01. The minimum absolute atomic E-state index is 0.0976. The number of hydrogen-bond acceptors (Lipinski definition) is 4. The summed E-state index contributed by atoms with van der Waals surface area (Å²) in [5, 5.41) is 15.4. The van der Waals surface area contributed by atoms with E-state index in [-0.39, 0.29) is 17.7 Å². The van der Waals surface area contributed by atoms with Crippen LogP contribution in [0.1, 0.15) is 30.5 Å². The van der Waals surface area contributed by atoms with Crippen molar-refractivity contribution in [3.63, 3.8) is 0 Å². The van der Waals surface area contributed by atoms with E-state index in [1.54, 1.807) is 19.2 Å². The summed E-state index contributed by atoms with van der Waals surface area (Å²) >= 11 is 0. The van der Waals surface area contributed by atoms with E-state index in [1.165, 1.54) is 11.9 Å². The Kier molecular flexibility index (Phi) is 4.02. The van der Waals surface area contributed by atoms with E-state index in [0.29, 0.717) is 6.42 Å². The van der Waals surface area contributed by atoms with Gasteiger partial charge in [0.15, 0.2) is 0 Å². The van der Waals surface area contributed by atoms with Crippen molar-refractivity contribution in [2.75, 3.05) is 7.11 Å². The van der Waals surface area contributed by atoms with Crippen molar-refractivity contribution in [2.24, 2.45) is 5.10 Å². The van der Waals surface area contributed by atoms with Gasteiger partial charge in [0.2, 0.25) is 5.91 Å². The molecular weight excluding hydrogens is 292 g/mol. The maximum Gasteiger partial charge on any atom is 0.240 e. The molecule has 0 unspecified atom stereocenters. The molecule has 1 N–H and O–H groups in total. The Bertz CT molecular complexity index is 736. The first-order valence-corrected chi connectivity index (χ1v) is 7.39. The van der Waals surface area contributed by atoms with Gasteiger partial charge in [0.1, 0.15) is 11.5 Å². The van der Waals surface area contributed by atoms with E-state index in [1.807, 2.05) is 36.4 Å². The summed E-state index contributed by atoms with van der Waals surface area (Å²) in [4.78, 5) is 11.9. The highest BCUT2D eigenvalue weighted by Gasteiger charge is 2.31. The zero-order valence-corrected chi connectivity index (χ0v) is 13.1. The third-order valence-corrected chi connectivity index (χ3v) is 3.93. The second-order valence-corrected chi connectivity index (χ2v) is 5.45. The molecule has 0 saturated carbocycles. The van der Waals surface area contributed by atoms with E-state index in [0.717, 1.165) is 22.6 Å². The van der Waals surface area contributed by atoms with Gasteiger partial charge in [-0.05, 0) is 47.5 Å². The first-order chi connectivity index (χ1) is 11.1. The average molecular weight is 310 g/mol. The standard InChI is InChI=1S/C18H18N2O3/c1-12(21)20-18(14-5-9-16(23-2)10-6-14)11-17(19-20)13-3-7-15(22)8-4-13/h3-10,18,22H,11H2,1-2H3/t18-/m0/s1. The van der Waals surface area contributed by atoms with E-state index in [4.69, 9.17) is 4.74 Å². The maximum absolute atomic E-state index is 11.9. The fourth-order valence-corrected chi connectivity index (χ4v) is 2.71. The largest absolute Gasteiger partial charge is 0.508 e. The summed E-state index contributed by atoms with van der Waals surface area (Å²) in [6.45, 7) is 1.51. The molecule has 0 radical (unpaired) electrons. The van der Waals surface area contributed by atoms with Crippen molar-refractivity contribution < 1.29 is 14.6 Å². The Morgan fingerprint density at radius 3 is 2.39 bits per heavy atom. The topological polar surface area (TPSA) is 62.1 Å². The van der Waals surface area contributed by atoms with Crippen LogP contribution in [0, 0.1) is 0 Å². The van der Waals surface area contributed by atoms with Crippen LogP contribution >= 0.6 is 0 Å². The van der Waals surface area contributed by atoms with Gasteiger partial charge < -0.3 is 9.84 Å². The molecule has 1 atom stereocenters. The molecule has 0 fully saturated rings. The molecule has 3 rings (SSSR count). The molecule has 2 aromatic rings. The Labute approximate surface area is 134 Å². The van der Waals surface area contributed by atoms with E-state index in [2.05, 4.69) is 5.10 Å². The molecular formula is C18H18N2O3. The van der Waals surface area contributed by atoms with Crippen LogP contribution in [-0.4, -0.2) is 28.8 Å². The normalized spacial score (nSPS) is 17.0. The van der Waals surface area contributed by atoms with Crippen molar-refractivity contribution in [3.8, 4) is 11.5 Å². The second kappa shape index (κ2) is 6.12. The van der Waals surface area contributed by atoms with Crippen LogP contribution in [0.25, 0.3) is 0 Å². The lowest BCUT2D eigenvalue weighted by molar-refractivity contribution is -0.130. The number of hydrazone groups is 1. The summed E-state index contributed by atoms with van der Waals surface area (Å²) in [6.07, 6.45) is 0.636. The Hall–Kier alpha value is -2.82. The Morgan fingerprint density at radius 1 is 1.17 bits per heavy atom.